The summed E-state index contributed by atoms with van der Waals surface area (Å²) in [5.41, 5.74) is 10.8. The highest BCUT2D eigenvalue weighted by atomic mass is 16.1. The molecule has 0 aliphatic carbocycles. The zero-order valence-electron chi connectivity index (χ0n) is 9.67. The van der Waals surface area contributed by atoms with Gasteiger partial charge in [-0.1, -0.05) is 0 Å². The number of aromatic nitrogens is 2. The summed E-state index contributed by atoms with van der Waals surface area (Å²) in [7, 11) is 0. The number of piperidine rings is 1. The lowest BCUT2D eigenvalue weighted by molar-refractivity contribution is -0.119. The maximum Gasteiger partial charge on any atom is 0.217 e. The molecule has 0 bridgehead atoms. The second kappa shape index (κ2) is 4.99. The Bertz CT molecular complexity index is 401. The first-order chi connectivity index (χ1) is 8.15. The van der Waals surface area contributed by atoms with Gasteiger partial charge in [0.1, 0.15) is 18.0 Å². The van der Waals surface area contributed by atoms with Crippen LogP contribution in [0.5, 0.6) is 0 Å². The van der Waals surface area contributed by atoms with Crippen LogP contribution in [0.15, 0.2) is 12.4 Å². The SMILES string of the molecule is NC(=O)CC1CCN(c2cc(N)ncn2)CC1. The van der Waals surface area contributed by atoms with E-state index in [1.807, 2.05) is 0 Å². The molecule has 6 heteroatoms. The van der Waals surface area contributed by atoms with Gasteiger partial charge in [-0.2, -0.15) is 0 Å². The molecule has 0 atom stereocenters. The second-order valence-corrected chi connectivity index (χ2v) is 4.40. The van der Waals surface area contributed by atoms with E-state index < -0.39 is 0 Å². The normalized spacial score (nSPS) is 17.1. The van der Waals surface area contributed by atoms with Crippen LogP contribution in [0.3, 0.4) is 0 Å². The van der Waals surface area contributed by atoms with Crippen molar-refractivity contribution in [3.8, 4) is 0 Å². The number of nitrogens with two attached hydrogens (primary N) is 2. The van der Waals surface area contributed by atoms with E-state index in [1.165, 1.54) is 6.33 Å². The van der Waals surface area contributed by atoms with Crippen LogP contribution in [0.2, 0.25) is 0 Å². The van der Waals surface area contributed by atoms with Crippen LogP contribution in [0.4, 0.5) is 11.6 Å². The van der Waals surface area contributed by atoms with Gasteiger partial charge in [-0.25, -0.2) is 9.97 Å². The smallest absolute Gasteiger partial charge is 0.217 e. The van der Waals surface area contributed by atoms with E-state index in [0.29, 0.717) is 18.2 Å². The highest BCUT2D eigenvalue weighted by Crippen LogP contribution is 2.23. The topological polar surface area (TPSA) is 98.1 Å². The summed E-state index contributed by atoms with van der Waals surface area (Å²) in [6, 6.07) is 1.77. The Labute approximate surface area is 100 Å². The number of nitrogens with zero attached hydrogens (tertiary/aromatic N) is 3. The lowest BCUT2D eigenvalue weighted by atomic mass is 9.93. The highest BCUT2D eigenvalue weighted by Gasteiger charge is 2.21. The molecule has 6 nitrogen and oxygen atoms in total. The Morgan fingerprint density at radius 3 is 2.71 bits per heavy atom. The predicted octanol–water partition coefficient (Wildman–Crippen LogP) is 0.151. The Kier molecular flexibility index (Phi) is 3.41. The monoisotopic (exact) mass is 235 g/mol. The van der Waals surface area contributed by atoms with Crippen molar-refractivity contribution in [3.05, 3.63) is 12.4 Å². The van der Waals surface area contributed by atoms with Crippen molar-refractivity contribution in [1.82, 2.24) is 9.97 Å². The van der Waals surface area contributed by atoms with Gasteiger partial charge in [0.2, 0.25) is 5.91 Å². The van der Waals surface area contributed by atoms with Gasteiger partial charge in [-0.15, -0.1) is 0 Å². The molecule has 2 rings (SSSR count). The maximum atomic E-state index is 10.8. The number of primary amides is 1. The molecule has 0 saturated carbocycles. The van der Waals surface area contributed by atoms with Crippen molar-refractivity contribution in [2.45, 2.75) is 19.3 Å². The molecule has 2 heterocycles. The number of anilines is 2. The van der Waals surface area contributed by atoms with Gasteiger partial charge < -0.3 is 16.4 Å². The molecule has 0 aromatic carbocycles. The Morgan fingerprint density at radius 1 is 1.41 bits per heavy atom. The molecule has 1 aliphatic rings. The molecular weight excluding hydrogens is 218 g/mol. The van der Waals surface area contributed by atoms with E-state index in [1.54, 1.807) is 6.07 Å². The Morgan fingerprint density at radius 2 is 2.12 bits per heavy atom. The van der Waals surface area contributed by atoms with Crippen LogP contribution < -0.4 is 16.4 Å². The summed E-state index contributed by atoms with van der Waals surface area (Å²) in [6.07, 6.45) is 3.89. The number of hydrogen-bond acceptors (Lipinski definition) is 5. The quantitative estimate of drug-likeness (QED) is 0.777. The lowest BCUT2D eigenvalue weighted by Gasteiger charge is -2.32. The molecule has 1 aliphatic heterocycles. The average molecular weight is 235 g/mol. The van der Waals surface area contributed by atoms with Gasteiger partial charge in [0.15, 0.2) is 0 Å². The number of hydrogen-bond donors (Lipinski definition) is 2. The second-order valence-electron chi connectivity index (χ2n) is 4.40. The molecule has 0 spiro atoms. The number of amides is 1. The summed E-state index contributed by atoms with van der Waals surface area (Å²) >= 11 is 0. The van der Waals surface area contributed by atoms with Crippen LogP contribution in [0, 0.1) is 5.92 Å². The van der Waals surface area contributed by atoms with Crippen molar-refractivity contribution in [2.24, 2.45) is 11.7 Å². The fourth-order valence-corrected chi connectivity index (χ4v) is 2.19. The van der Waals surface area contributed by atoms with Crippen molar-refractivity contribution >= 4 is 17.5 Å². The van der Waals surface area contributed by atoms with Gasteiger partial charge in [-0.3, -0.25) is 4.79 Å². The summed E-state index contributed by atoms with van der Waals surface area (Å²) in [6.45, 7) is 1.77. The van der Waals surface area contributed by atoms with Crippen LogP contribution in [0.25, 0.3) is 0 Å². The Balaban J connectivity index is 1.93. The minimum atomic E-state index is -0.213. The minimum absolute atomic E-state index is 0.213. The highest BCUT2D eigenvalue weighted by molar-refractivity contribution is 5.74. The van der Waals surface area contributed by atoms with Crippen molar-refractivity contribution in [1.29, 1.82) is 0 Å². The van der Waals surface area contributed by atoms with E-state index >= 15 is 0 Å². The van der Waals surface area contributed by atoms with E-state index in [-0.39, 0.29) is 5.91 Å². The van der Waals surface area contributed by atoms with Gasteiger partial charge >= 0.3 is 0 Å². The Hall–Kier alpha value is -1.85. The van der Waals surface area contributed by atoms with Crippen molar-refractivity contribution < 1.29 is 4.79 Å². The minimum Gasteiger partial charge on any atom is -0.384 e. The molecule has 1 aromatic heterocycles. The van der Waals surface area contributed by atoms with E-state index in [4.69, 9.17) is 11.5 Å². The number of nitrogen functional groups attached to an aromatic ring is 1. The van der Waals surface area contributed by atoms with Gasteiger partial charge in [0.05, 0.1) is 0 Å². The standard InChI is InChI=1S/C11H17N5O/c12-9-6-11(15-7-14-9)16-3-1-8(2-4-16)5-10(13)17/h6-8H,1-5H2,(H2,13,17)(H2,12,14,15). The summed E-state index contributed by atoms with van der Waals surface area (Å²) in [5, 5.41) is 0. The van der Waals surface area contributed by atoms with Crippen molar-refractivity contribution in [2.75, 3.05) is 23.7 Å². The third-order valence-corrected chi connectivity index (χ3v) is 3.10. The van der Waals surface area contributed by atoms with Gasteiger partial charge in [-0.05, 0) is 18.8 Å². The largest absolute Gasteiger partial charge is 0.384 e. The van der Waals surface area contributed by atoms with Crippen LogP contribution in [0.1, 0.15) is 19.3 Å². The van der Waals surface area contributed by atoms with E-state index in [0.717, 1.165) is 31.7 Å². The molecule has 0 unspecified atom stereocenters. The number of rotatable bonds is 3. The molecule has 0 radical (unpaired) electrons. The molecule has 1 fully saturated rings. The third kappa shape index (κ3) is 3.05. The fourth-order valence-electron chi connectivity index (χ4n) is 2.19. The molecule has 17 heavy (non-hydrogen) atoms. The zero-order valence-corrected chi connectivity index (χ0v) is 9.67. The van der Waals surface area contributed by atoms with Crippen LogP contribution in [-0.4, -0.2) is 29.0 Å². The first kappa shape index (κ1) is 11.6. The van der Waals surface area contributed by atoms with Gasteiger partial charge in [0, 0.05) is 25.6 Å². The molecule has 1 amide bonds. The lowest BCUT2D eigenvalue weighted by Crippen LogP contribution is -2.35. The molecule has 92 valence electrons. The molecule has 4 N–H and O–H groups in total. The fraction of sp³-hybridized carbons (Fsp3) is 0.545. The third-order valence-electron chi connectivity index (χ3n) is 3.10. The molecule has 1 aromatic rings. The average Bonchev–Trinajstić information content (AvgIpc) is 2.29. The summed E-state index contributed by atoms with van der Waals surface area (Å²) in [5.74, 6) is 1.53. The van der Waals surface area contributed by atoms with Gasteiger partial charge in [0.25, 0.3) is 0 Å². The first-order valence-electron chi connectivity index (χ1n) is 5.76. The van der Waals surface area contributed by atoms with Crippen LogP contribution in [-0.2, 0) is 4.79 Å². The maximum absolute atomic E-state index is 10.8. The number of carbonyl (C=O) groups is 1. The van der Waals surface area contributed by atoms with Crippen molar-refractivity contribution in [3.63, 3.8) is 0 Å². The number of carbonyl (C=O) groups excluding carboxylic acids is 1. The molecular formula is C11H17N5O. The molecule has 1 saturated heterocycles. The summed E-state index contributed by atoms with van der Waals surface area (Å²) < 4.78 is 0. The zero-order chi connectivity index (χ0) is 12.3. The van der Waals surface area contributed by atoms with Crippen LogP contribution >= 0.6 is 0 Å². The summed E-state index contributed by atoms with van der Waals surface area (Å²) in [4.78, 5) is 21.1. The van der Waals surface area contributed by atoms with E-state index in [9.17, 15) is 4.79 Å². The first-order valence-corrected chi connectivity index (χ1v) is 5.76. The predicted molar refractivity (Wildman–Crippen MR) is 65.2 cm³/mol. The van der Waals surface area contributed by atoms with E-state index in [2.05, 4.69) is 14.9 Å².